The minimum Gasteiger partial charge on any atom is -0.356 e. The van der Waals surface area contributed by atoms with Gasteiger partial charge in [0.1, 0.15) is 0 Å². The van der Waals surface area contributed by atoms with Crippen LogP contribution in [0.25, 0.3) is 0 Å². The average molecular weight is 264 g/mol. The molecule has 1 aliphatic rings. The van der Waals surface area contributed by atoms with E-state index in [1.165, 1.54) is 32.5 Å². The molecule has 0 aliphatic carbocycles. The molecule has 0 unspecified atom stereocenters. The lowest BCUT2D eigenvalue weighted by Gasteiger charge is -2.31. The summed E-state index contributed by atoms with van der Waals surface area (Å²) in [6, 6.07) is 0. The summed E-state index contributed by atoms with van der Waals surface area (Å²) >= 11 is 0. The van der Waals surface area contributed by atoms with E-state index in [9.17, 15) is 0 Å². The van der Waals surface area contributed by atoms with Crippen LogP contribution in [0.15, 0.2) is 6.20 Å². The Hall–Kier alpha value is -1.03. The van der Waals surface area contributed by atoms with Crippen LogP contribution < -0.4 is 5.32 Å². The predicted octanol–water partition coefficient (Wildman–Crippen LogP) is 2.75. The zero-order valence-electron chi connectivity index (χ0n) is 12.7. The van der Waals surface area contributed by atoms with Crippen LogP contribution in [0.5, 0.6) is 0 Å². The van der Waals surface area contributed by atoms with Gasteiger partial charge in [-0.15, -0.1) is 0 Å². The molecule has 2 heterocycles. The maximum absolute atomic E-state index is 4.59. The van der Waals surface area contributed by atoms with Gasteiger partial charge >= 0.3 is 0 Å². The summed E-state index contributed by atoms with van der Waals surface area (Å²) in [5, 5.41) is 3.43. The first-order valence-electron chi connectivity index (χ1n) is 7.73. The second-order valence-electron chi connectivity index (χ2n) is 5.66. The van der Waals surface area contributed by atoms with Crippen LogP contribution in [0.2, 0.25) is 0 Å². The van der Waals surface area contributed by atoms with Gasteiger partial charge in [0.2, 0.25) is 5.95 Å². The highest BCUT2D eigenvalue weighted by Gasteiger charge is 2.19. The van der Waals surface area contributed by atoms with E-state index >= 15 is 0 Å². The SMILES string of the molecule is CCCNc1nc(C)cn1CC1CCN(CC)CC1. The van der Waals surface area contributed by atoms with E-state index in [1.807, 2.05) is 0 Å². The molecule has 1 aromatic rings. The first-order chi connectivity index (χ1) is 9.22. The van der Waals surface area contributed by atoms with Gasteiger partial charge in [-0.05, 0) is 51.7 Å². The van der Waals surface area contributed by atoms with Crippen molar-refractivity contribution in [3.05, 3.63) is 11.9 Å². The number of anilines is 1. The predicted molar refractivity (Wildman–Crippen MR) is 80.6 cm³/mol. The summed E-state index contributed by atoms with van der Waals surface area (Å²) in [5.41, 5.74) is 1.12. The molecule has 19 heavy (non-hydrogen) atoms. The Bertz CT molecular complexity index is 377. The molecule has 0 radical (unpaired) electrons. The van der Waals surface area contributed by atoms with Crippen molar-refractivity contribution in [1.82, 2.24) is 14.5 Å². The Morgan fingerprint density at radius 1 is 1.32 bits per heavy atom. The average Bonchev–Trinajstić information content (AvgIpc) is 2.77. The van der Waals surface area contributed by atoms with Gasteiger partial charge in [-0.25, -0.2) is 4.98 Å². The van der Waals surface area contributed by atoms with E-state index in [4.69, 9.17) is 0 Å². The highest BCUT2D eigenvalue weighted by molar-refractivity contribution is 5.28. The molecule has 108 valence electrons. The molecule has 1 fully saturated rings. The molecule has 0 bridgehead atoms. The largest absolute Gasteiger partial charge is 0.356 e. The Morgan fingerprint density at radius 3 is 2.68 bits per heavy atom. The molecule has 1 saturated heterocycles. The maximum Gasteiger partial charge on any atom is 0.203 e. The van der Waals surface area contributed by atoms with Gasteiger partial charge in [0.05, 0.1) is 5.69 Å². The zero-order valence-corrected chi connectivity index (χ0v) is 12.7. The summed E-state index contributed by atoms with van der Waals surface area (Å²) < 4.78 is 2.32. The normalized spacial score (nSPS) is 17.8. The molecule has 0 atom stereocenters. The zero-order chi connectivity index (χ0) is 13.7. The molecule has 0 saturated carbocycles. The fourth-order valence-electron chi connectivity index (χ4n) is 2.83. The van der Waals surface area contributed by atoms with Gasteiger partial charge in [-0.2, -0.15) is 0 Å². The number of aryl methyl sites for hydroxylation is 1. The molecule has 4 heteroatoms. The number of aromatic nitrogens is 2. The topological polar surface area (TPSA) is 33.1 Å². The number of imidazole rings is 1. The van der Waals surface area contributed by atoms with Crippen LogP contribution >= 0.6 is 0 Å². The third-order valence-electron chi connectivity index (χ3n) is 4.04. The van der Waals surface area contributed by atoms with Crippen molar-refractivity contribution in [2.24, 2.45) is 5.92 Å². The third kappa shape index (κ3) is 3.96. The Labute approximate surface area is 117 Å². The van der Waals surface area contributed by atoms with Crippen LogP contribution in [0, 0.1) is 12.8 Å². The van der Waals surface area contributed by atoms with Gasteiger partial charge in [-0.1, -0.05) is 13.8 Å². The molecule has 2 rings (SSSR count). The number of piperidine rings is 1. The second-order valence-corrected chi connectivity index (χ2v) is 5.66. The summed E-state index contributed by atoms with van der Waals surface area (Å²) in [4.78, 5) is 7.13. The van der Waals surface area contributed by atoms with Crippen LogP contribution in [0.1, 0.15) is 38.8 Å². The Balaban J connectivity index is 1.91. The quantitative estimate of drug-likeness (QED) is 0.857. The minimum atomic E-state index is 0.804. The number of nitrogens with one attached hydrogen (secondary N) is 1. The summed E-state index contributed by atoms with van der Waals surface area (Å²) in [7, 11) is 0. The van der Waals surface area contributed by atoms with Crippen molar-refractivity contribution in [2.45, 2.75) is 46.6 Å². The highest BCUT2D eigenvalue weighted by atomic mass is 15.2. The first kappa shape index (κ1) is 14.4. The van der Waals surface area contributed by atoms with Crippen molar-refractivity contribution < 1.29 is 0 Å². The molecule has 1 aliphatic heterocycles. The van der Waals surface area contributed by atoms with E-state index in [0.29, 0.717) is 0 Å². The number of nitrogens with zero attached hydrogens (tertiary/aromatic N) is 3. The summed E-state index contributed by atoms with van der Waals surface area (Å²) in [6.07, 6.45) is 5.96. The van der Waals surface area contributed by atoms with Gasteiger partial charge < -0.3 is 14.8 Å². The monoisotopic (exact) mass is 264 g/mol. The number of hydrogen-bond acceptors (Lipinski definition) is 3. The van der Waals surface area contributed by atoms with Crippen molar-refractivity contribution in [2.75, 3.05) is 31.5 Å². The molecule has 0 spiro atoms. The van der Waals surface area contributed by atoms with Gasteiger partial charge in [0.15, 0.2) is 0 Å². The number of rotatable bonds is 6. The third-order valence-corrected chi connectivity index (χ3v) is 4.04. The van der Waals surface area contributed by atoms with E-state index in [1.54, 1.807) is 0 Å². The molecule has 4 nitrogen and oxygen atoms in total. The lowest BCUT2D eigenvalue weighted by Crippen LogP contribution is -2.34. The van der Waals surface area contributed by atoms with E-state index in [0.717, 1.165) is 37.1 Å². The van der Waals surface area contributed by atoms with Crippen LogP contribution in [0.3, 0.4) is 0 Å². The molecular weight excluding hydrogens is 236 g/mol. The molecule has 0 amide bonds. The van der Waals surface area contributed by atoms with Gasteiger partial charge in [0.25, 0.3) is 0 Å². The summed E-state index contributed by atoms with van der Waals surface area (Å²) in [6.45, 7) is 12.3. The maximum atomic E-state index is 4.59. The fraction of sp³-hybridized carbons (Fsp3) is 0.800. The highest BCUT2D eigenvalue weighted by Crippen LogP contribution is 2.21. The first-order valence-corrected chi connectivity index (χ1v) is 7.73. The molecule has 0 aromatic carbocycles. The van der Waals surface area contributed by atoms with Crippen molar-refractivity contribution in [3.8, 4) is 0 Å². The van der Waals surface area contributed by atoms with Crippen LogP contribution in [-0.4, -0.2) is 40.6 Å². The number of hydrogen-bond donors (Lipinski definition) is 1. The van der Waals surface area contributed by atoms with Crippen molar-refractivity contribution in [1.29, 1.82) is 0 Å². The van der Waals surface area contributed by atoms with Gasteiger partial charge in [-0.3, -0.25) is 0 Å². The molecule has 1 N–H and O–H groups in total. The van der Waals surface area contributed by atoms with Crippen molar-refractivity contribution >= 4 is 5.95 Å². The van der Waals surface area contributed by atoms with E-state index in [2.05, 4.69) is 46.7 Å². The van der Waals surface area contributed by atoms with Crippen LogP contribution in [0.4, 0.5) is 5.95 Å². The fourth-order valence-corrected chi connectivity index (χ4v) is 2.83. The second kappa shape index (κ2) is 6.94. The molecular formula is C15H28N4. The van der Waals surface area contributed by atoms with Crippen molar-refractivity contribution in [3.63, 3.8) is 0 Å². The molecule has 1 aromatic heterocycles. The Morgan fingerprint density at radius 2 is 2.05 bits per heavy atom. The lowest BCUT2D eigenvalue weighted by atomic mass is 9.97. The minimum absolute atomic E-state index is 0.804. The lowest BCUT2D eigenvalue weighted by molar-refractivity contribution is 0.181. The number of likely N-dealkylation sites (tertiary alicyclic amines) is 1. The smallest absolute Gasteiger partial charge is 0.203 e. The van der Waals surface area contributed by atoms with E-state index in [-0.39, 0.29) is 0 Å². The Kier molecular flexibility index (Phi) is 5.25. The van der Waals surface area contributed by atoms with Gasteiger partial charge in [0, 0.05) is 19.3 Å². The van der Waals surface area contributed by atoms with Crippen LogP contribution in [-0.2, 0) is 6.54 Å². The summed E-state index contributed by atoms with van der Waals surface area (Å²) in [5.74, 6) is 1.86. The standard InChI is InChI=1S/C15H28N4/c1-4-8-16-15-17-13(3)11-19(15)12-14-6-9-18(5-2)10-7-14/h11,14H,4-10,12H2,1-3H3,(H,16,17). The van der Waals surface area contributed by atoms with E-state index < -0.39 is 0 Å².